The Balaban J connectivity index is 1.75. The van der Waals surface area contributed by atoms with Crippen molar-refractivity contribution < 1.29 is 19.7 Å². The lowest BCUT2D eigenvalue weighted by molar-refractivity contribution is -0.259. The van der Waals surface area contributed by atoms with Crippen molar-refractivity contribution in [2.24, 2.45) is 17.3 Å². The minimum Gasteiger partial charge on any atom is -0.390 e. The van der Waals surface area contributed by atoms with E-state index in [-0.39, 0.29) is 17.3 Å². The minimum absolute atomic E-state index is 0.0231. The van der Waals surface area contributed by atoms with Gasteiger partial charge in [-0.15, -0.1) is 0 Å². The van der Waals surface area contributed by atoms with Crippen molar-refractivity contribution in [1.29, 1.82) is 0 Å². The molecule has 0 aromatic carbocycles. The summed E-state index contributed by atoms with van der Waals surface area (Å²) in [6.07, 6.45) is 3.53. The van der Waals surface area contributed by atoms with Gasteiger partial charge in [0.2, 0.25) is 0 Å². The Hall–Kier alpha value is -0.420. The molecule has 4 heteroatoms. The maximum atomic E-state index is 10.4. The predicted octanol–water partition coefficient (Wildman–Crippen LogP) is 1.85. The number of hydrogen-bond acceptors (Lipinski definition) is 4. The van der Waals surface area contributed by atoms with Crippen LogP contribution < -0.4 is 0 Å². The molecule has 1 spiro atoms. The van der Waals surface area contributed by atoms with E-state index in [1.807, 2.05) is 0 Å². The van der Waals surface area contributed by atoms with Crippen LogP contribution >= 0.6 is 0 Å². The Labute approximate surface area is 120 Å². The summed E-state index contributed by atoms with van der Waals surface area (Å²) >= 11 is 0. The molecule has 0 amide bonds. The SMILES string of the molecule is CCCCC1=C[C@H]2[C@@H]([C@H](O)[C@@H]1O)C21OCC(C)(C)CO1. The van der Waals surface area contributed by atoms with Crippen LogP contribution in [0.15, 0.2) is 11.6 Å². The van der Waals surface area contributed by atoms with Crippen LogP contribution in [0.3, 0.4) is 0 Å². The lowest BCUT2D eigenvalue weighted by Crippen LogP contribution is -2.43. The topological polar surface area (TPSA) is 58.9 Å². The van der Waals surface area contributed by atoms with E-state index in [9.17, 15) is 10.2 Å². The highest BCUT2D eigenvalue weighted by Gasteiger charge is 2.73. The number of rotatable bonds is 3. The first-order valence-electron chi connectivity index (χ1n) is 7.76. The molecule has 4 nitrogen and oxygen atoms in total. The standard InChI is InChI=1S/C16H26O4/c1-4-5-6-10-7-11-12(14(18)13(10)17)16(11)19-8-15(2,3)9-20-16/h7,11-14,17-18H,4-6,8-9H2,1-3H3/t11-,12-,13+,14-/m0/s1. The van der Waals surface area contributed by atoms with Crippen LogP contribution in [0.4, 0.5) is 0 Å². The molecule has 1 aliphatic heterocycles. The third kappa shape index (κ3) is 2.13. The molecule has 2 fully saturated rings. The van der Waals surface area contributed by atoms with Gasteiger partial charge >= 0.3 is 0 Å². The van der Waals surface area contributed by atoms with Gasteiger partial charge in [-0.25, -0.2) is 0 Å². The lowest BCUT2D eigenvalue weighted by atomic mass is 9.90. The van der Waals surface area contributed by atoms with Crippen molar-refractivity contribution in [3.05, 3.63) is 11.6 Å². The number of fused-ring (bicyclic) bond motifs is 3. The molecule has 0 unspecified atom stereocenters. The summed E-state index contributed by atoms with van der Waals surface area (Å²) in [5.41, 5.74) is 0.976. The molecule has 0 radical (unpaired) electrons. The quantitative estimate of drug-likeness (QED) is 0.776. The Bertz CT molecular complexity index is 405. The number of aliphatic hydroxyl groups excluding tert-OH is 2. The van der Waals surface area contributed by atoms with E-state index in [0.717, 1.165) is 24.8 Å². The molecular weight excluding hydrogens is 256 g/mol. The predicted molar refractivity (Wildman–Crippen MR) is 75.0 cm³/mol. The summed E-state index contributed by atoms with van der Waals surface area (Å²) in [7, 11) is 0. The molecule has 3 rings (SSSR count). The smallest absolute Gasteiger partial charge is 0.181 e. The Morgan fingerprint density at radius 3 is 2.50 bits per heavy atom. The number of unbranched alkanes of at least 4 members (excludes halogenated alkanes) is 1. The van der Waals surface area contributed by atoms with E-state index in [2.05, 4.69) is 26.8 Å². The van der Waals surface area contributed by atoms with Crippen molar-refractivity contribution in [2.75, 3.05) is 13.2 Å². The minimum atomic E-state index is -0.766. The molecule has 0 bridgehead atoms. The molecule has 114 valence electrons. The first kappa shape index (κ1) is 14.5. The van der Waals surface area contributed by atoms with E-state index < -0.39 is 18.0 Å². The van der Waals surface area contributed by atoms with E-state index in [4.69, 9.17) is 9.47 Å². The second kappa shape index (κ2) is 4.80. The second-order valence-electron chi connectivity index (χ2n) is 7.30. The van der Waals surface area contributed by atoms with Gasteiger partial charge in [0.05, 0.1) is 25.2 Å². The van der Waals surface area contributed by atoms with Gasteiger partial charge in [-0.1, -0.05) is 33.3 Å². The maximum absolute atomic E-state index is 10.4. The van der Waals surface area contributed by atoms with Gasteiger partial charge in [0, 0.05) is 11.3 Å². The summed E-state index contributed by atoms with van der Waals surface area (Å²) in [6.45, 7) is 7.63. The first-order valence-corrected chi connectivity index (χ1v) is 7.76. The van der Waals surface area contributed by atoms with Gasteiger partial charge < -0.3 is 19.7 Å². The average molecular weight is 282 g/mol. The molecule has 4 atom stereocenters. The zero-order valence-corrected chi connectivity index (χ0v) is 12.6. The summed E-state index contributed by atoms with van der Waals surface area (Å²) < 4.78 is 11.9. The second-order valence-corrected chi connectivity index (χ2v) is 7.30. The van der Waals surface area contributed by atoms with Crippen molar-refractivity contribution in [3.8, 4) is 0 Å². The van der Waals surface area contributed by atoms with Gasteiger partial charge in [-0.2, -0.15) is 0 Å². The molecule has 0 aromatic heterocycles. The summed E-state index contributed by atoms with van der Waals surface area (Å²) in [4.78, 5) is 0. The largest absolute Gasteiger partial charge is 0.390 e. The fourth-order valence-electron chi connectivity index (χ4n) is 3.50. The van der Waals surface area contributed by atoms with Crippen molar-refractivity contribution >= 4 is 0 Å². The first-order chi connectivity index (χ1) is 9.41. The average Bonchev–Trinajstić information content (AvgIpc) is 3.04. The molecule has 1 heterocycles. The normalized spacial score (nSPS) is 41.1. The zero-order chi connectivity index (χ0) is 14.5. The Morgan fingerprint density at radius 1 is 1.25 bits per heavy atom. The Morgan fingerprint density at radius 2 is 1.90 bits per heavy atom. The molecule has 0 aromatic rings. The number of aliphatic hydroxyl groups is 2. The van der Waals surface area contributed by atoms with E-state index in [0.29, 0.717) is 13.2 Å². The molecule has 1 saturated carbocycles. The van der Waals surface area contributed by atoms with Gasteiger partial charge in [-0.3, -0.25) is 0 Å². The third-order valence-corrected chi connectivity index (χ3v) is 4.87. The van der Waals surface area contributed by atoms with Gasteiger partial charge in [0.1, 0.15) is 6.10 Å². The Kier molecular flexibility index (Phi) is 3.49. The van der Waals surface area contributed by atoms with Crippen LogP contribution in [-0.2, 0) is 9.47 Å². The summed E-state index contributed by atoms with van der Waals surface area (Å²) in [5, 5.41) is 20.6. The fraction of sp³-hybridized carbons (Fsp3) is 0.875. The van der Waals surface area contributed by atoms with Gasteiger partial charge in [-0.05, 0) is 18.4 Å². The summed E-state index contributed by atoms with van der Waals surface area (Å²) in [6, 6.07) is 0. The molecule has 2 N–H and O–H groups in total. The summed E-state index contributed by atoms with van der Waals surface area (Å²) in [5.74, 6) is -0.688. The van der Waals surface area contributed by atoms with Crippen LogP contribution in [0, 0.1) is 17.3 Å². The van der Waals surface area contributed by atoms with Crippen LogP contribution in [0.1, 0.15) is 40.0 Å². The van der Waals surface area contributed by atoms with E-state index >= 15 is 0 Å². The maximum Gasteiger partial charge on any atom is 0.181 e. The van der Waals surface area contributed by atoms with Crippen LogP contribution in [0.25, 0.3) is 0 Å². The molecule has 3 aliphatic rings. The highest BCUT2D eigenvalue weighted by atomic mass is 16.7. The zero-order valence-electron chi connectivity index (χ0n) is 12.6. The number of ether oxygens (including phenoxy) is 2. The van der Waals surface area contributed by atoms with Gasteiger partial charge in [0.25, 0.3) is 0 Å². The highest BCUT2D eigenvalue weighted by Crippen LogP contribution is 2.62. The molecule has 2 aliphatic carbocycles. The lowest BCUT2D eigenvalue weighted by Gasteiger charge is -2.36. The third-order valence-electron chi connectivity index (χ3n) is 4.87. The number of hydrogen-bond donors (Lipinski definition) is 2. The fourth-order valence-corrected chi connectivity index (χ4v) is 3.50. The van der Waals surface area contributed by atoms with Crippen molar-refractivity contribution in [1.82, 2.24) is 0 Å². The van der Waals surface area contributed by atoms with Crippen molar-refractivity contribution in [2.45, 2.75) is 58.0 Å². The van der Waals surface area contributed by atoms with E-state index in [1.165, 1.54) is 0 Å². The molecule has 20 heavy (non-hydrogen) atoms. The van der Waals surface area contributed by atoms with Crippen molar-refractivity contribution in [3.63, 3.8) is 0 Å². The molecular formula is C16H26O4. The molecule has 1 saturated heterocycles. The van der Waals surface area contributed by atoms with Crippen LogP contribution in [-0.4, -0.2) is 41.4 Å². The van der Waals surface area contributed by atoms with Gasteiger partial charge in [0.15, 0.2) is 5.79 Å². The van der Waals surface area contributed by atoms with Crippen LogP contribution in [0.5, 0.6) is 0 Å². The highest BCUT2D eigenvalue weighted by molar-refractivity contribution is 5.31. The monoisotopic (exact) mass is 282 g/mol. The van der Waals surface area contributed by atoms with E-state index in [1.54, 1.807) is 0 Å². The van der Waals surface area contributed by atoms with Crippen LogP contribution in [0.2, 0.25) is 0 Å².